The zero-order valence-corrected chi connectivity index (χ0v) is 16.1. The first-order valence-corrected chi connectivity index (χ1v) is 8.60. The van der Waals surface area contributed by atoms with E-state index in [1.165, 1.54) is 11.4 Å². The van der Waals surface area contributed by atoms with Crippen LogP contribution in [0.15, 0.2) is 24.5 Å². The van der Waals surface area contributed by atoms with Crippen LogP contribution in [-0.2, 0) is 13.1 Å². The lowest BCUT2D eigenvalue weighted by Gasteiger charge is -2.06. The van der Waals surface area contributed by atoms with Crippen LogP contribution in [-0.4, -0.2) is 19.6 Å². The minimum absolute atomic E-state index is 0.586. The maximum Gasteiger partial charge on any atom is 0.0492 e. The number of hydrogen-bond acceptors (Lipinski definition) is 2. The quantitative estimate of drug-likeness (QED) is 0.772. The summed E-state index contributed by atoms with van der Waals surface area (Å²) in [5, 5.41) is 8.22. The van der Waals surface area contributed by atoms with Gasteiger partial charge in [0.05, 0.1) is 0 Å². The van der Waals surface area contributed by atoms with Gasteiger partial charge < -0.3 is 0 Å². The molecule has 0 atom stereocenters. The summed E-state index contributed by atoms with van der Waals surface area (Å²) >= 11 is 0. The lowest BCUT2D eigenvalue weighted by molar-refractivity contribution is 0.598. The Balaban J connectivity index is 0. The molecule has 0 amide bonds. The van der Waals surface area contributed by atoms with Crippen molar-refractivity contribution in [3.63, 3.8) is 0 Å². The Hall–Kier alpha value is -1.58. The van der Waals surface area contributed by atoms with Gasteiger partial charge in [0.2, 0.25) is 0 Å². The molecule has 2 aromatic heterocycles. The van der Waals surface area contributed by atoms with Gasteiger partial charge in [-0.15, -0.1) is 0 Å². The van der Waals surface area contributed by atoms with Gasteiger partial charge in [0.25, 0.3) is 0 Å². The predicted molar refractivity (Wildman–Crippen MR) is 97.3 cm³/mol. The molecule has 0 spiro atoms. The Bertz CT molecular complexity index is 455. The second-order valence-electron chi connectivity index (χ2n) is 4.51. The molecule has 0 aliphatic rings. The van der Waals surface area contributed by atoms with Crippen molar-refractivity contribution in [1.82, 2.24) is 19.6 Å². The average molecular weight is 309 g/mol. The minimum atomic E-state index is 0.586. The molecule has 0 saturated carbocycles. The second kappa shape index (κ2) is 14.4. The molecular weight excluding hydrogens is 272 g/mol. The van der Waals surface area contributed by atoms with Gasteiger partial charge in [-0.25, -0.2) is 0 Å². The molecular formula is C18H36N4. The van der Waals surface area contributed by atoms with E-state index in [1.54, 1.807) is 0 Å². The highest BCUT2D eigenvalue weighted by Crippen LogP contribution is 2.12. The Labute approximate surface area is 137 Å². The van der Waals surface area contributed by atoms with E-state index >= 15 is 0 Å². The molecule has 0 bridgehead atoms. The third-order valence-corrected chi connectivity index (χ3v) is 2.87. The van der Waals surface area contributed by atoms with Crippen LogP contribution in [0.4, 0.5) is 0 Å². The van der Waals surface area contributed by atoms with E-state index in [2.05, 4.69) is 50.9 Å². The van der Waals surface area contributed by atoms with Crippen molar-refractivity contribution in [2.24, 2.45) is 0 Å². The zero-order chi connectivity index (χ0) is 17.5. The Morgan fingerprint density at radius 1 is 0.864 bits per heavy atom. The molecule has 0 aliphatic carbocycles. The molecule has 0 saturated heterocycles. The fourth-order valence-electron chi connectivity index (χ4n) is 1.83. The molecule has 0 unspecified atom stereocenters. The van der Waals surface area contributed by atoms with Gasteiger partial charge in [-0.3, -0.25) is 9.36 Å². The lowest BCUT2D eigenvalue weighted by Crippen LogP contribution is -2.03. The van der Waals surface area contributed by atoms with Crippen LogP contribution in [0.5, 0.6) is 0 Å². The van der Waals surface area contributed by atoms with Crippen LogP contribution >= 0.6 is 0 Å². The number of nitrogens with zero attached hydrogens (tertiary/aromatic N) is 4. The van der Waals surface area contributed by atoms with Crippen LogP contribution in [0, 0.1) is 6.92 Å². The Morgan fingerprint density at radius 3 is 1.59 bits per heavy atom. The molecule has 0 fully saturated rings. The lowest BCUT2D eigenvalue weighted by atomic mass is 10.1. The van der Waals surface area contributed by atoms with Crippen molar-refractivity contribution in [3.8, 4) is 0 Å². The van der Waals surface area contributed by atoms with Crippen molar-refractivity contribution >= 4 is 0 Å². The second-order valence-corrected chi connectivity index (χ2v) is 4.51. The van der Waals surface area contributed by atoms with Gasteiger partial charge in [-0.2, -0.15) is 10.2 Å². The van der Waals surface area contributed by atoms with Gasteiger partial charge >= 0.3 is 0 Å². The predicted octanol–water partition coefficient (Wildman–Crippen LogP) is 5.29. The highest BCUT2D eigenvalue weighted by atomic mass is 15.3. The van der Waals surface area contributed by atoms with Crippen molar-refractivity contribution in [1.29, 1.82) is 0 Å². The standard InChI is InChI=1S/C8H14N2.C6H10N2.2C2H6/c1-4-10-8(7(2)3)5-6-9-10;1-3-8-6(2)4-5-7-8;2*1-2/h5-7H,4H2,1-3H3;4-5H,3H2,1-2H3;2*1-2H3. The molecule has 0 aliphatic heterocycles. The van der Waals surface area contributed by atoms with Crippen molar-refractivity contribution in [3.05, 3.63) is 35.9 Å². The van der Waals surface area contributed by atoms with Gasteiger partial charge in [0.15, 0.2) is 0 Å². The average Bonchev–Trinajstić information content (AvgIpc) is 3.20. The molecule has 22 heavy (non-hydrogen) atoms. The van der Waals surface area contributed by atoms with E-state index in [-0.39, 0.29) is 0 Å². The molecule has 2 heterocycles. The summed E-state index contributed by atoms with van der Waals surface area (Å²) < 4.78 is 3.99. The van der Waals surface area contributed by atoms with Crippen LogP contribution in [0.25, 0.3) is 0 Å². The zero-order valence-electron chi connectivity index (χ0n) is 16.1. The molecule has 2 aromatic rings. The van der Waals surface area contributed by atoms with E-state index < -0.39 is 0 Å². The van der Waals surface area contributed by atoms with E-state index in [0.717, 1.165) is 13.1 Å². The van der Waals surface area contributed by atoms with Crippen LogP contribution in [0.3, 0.4) is 0 Å². The molecule has 0 radical (unpaired) electrons. The third-order valence-electron chi connectivity index (χ3n) is 2.87. The third kappa shape index (κ3) is 8.01. The number of aromatic nitrogens is 4. The molecule has 0 N–H and O–H groups in total. The summed E-state index contributed by atoms with van der Waals surface area (Å²) in [5.41, 5.74) is 2.55. The van der Waals surface area contributed by atoms with E-state index in [4.69, 9.17) is 0 Å². The first-order valence-electron chi connectivity index (χ1n) is 8.60. The van der Waals surface area contributed by atoms with Crippen LogP contribution in [0.1, 0.15) is 72.7 Å². The van der Waals surface area contributed by atoms with E-state index in [9.17, 15) is 0 Å². The number of rotatable bonds is 3. The highest BCUT2D eigenvalue weighted by Gasteiger charge is 2.03. The summed E-state index contributed by atoms with van der Waals surface area (Å²) in [4.78, 5) is 0. The molecule has 128 valence electrons. The Kier molecular flexibility index (Phi) is 14.8. The Morgan fingerprint density at radius 2 is 1.32 bits per heavy atom. The number of hydrogen-bond donors (Lipinski definition) is 0. The monoisotopic (exact) mass is 308 g/mol. The molecule has 4 nitrogen and oxygen atoms in total. The minimum Gasteiger partial charge on any atom is -0.270 e. The van der Waals surface area contributed by atoms with Crippen molar-refractivity contribution in [2.75, 3.05) is 0 Å². The topological polar surface area (TPSA) is 35.6 Å². The maximum atomic E-state index is 4.17. The van der Waals surface area contributed by atoms with E-state index in [1.807, 2.05) is 55.5 Å². The summed E-state index contributed by atoms with van der Waals surface area (Å²) in [5.74, 6) is 0.586. The van der Waals surface area contributed by atoms with E-state index in [0.29, 0.717) is 5.92 Å². The molecule has 2 rings (SSSR count). The first kappa shape index (κ1) is 22.7. The summed E-state index contributed by atoms with van der Waals surface area (Å²) in [6.45, 7) is 20.6. The van der Waals surface area contributed by atoms with Crippen molar-refractivity contribution < 1.29 is 0 Å². The fraction of sp³-hybridized carbons (Fsp3) is 0.667. The summed E-state index contributed by atoms with van der Waals surface area (Å²) in [6.07, 6.45) is 3.68. The highest BCUT2D eigenvalue weighted by molar-refractivity contribution is 5.04. The smallest absolute Gasteiger partial charge is 0.0492 e. The molecule has 4 heteroatoms. The summed E-state index contributed by atoms with van der Waals surface area (Å²) in [6, 6.07) is 4.08. The normalized spacial score (nSPS) is 9.00. The SMILES string of the molecule is CC.CC.CCn1nccc1C.CCn1nccc1C(C)C. The maximum absolute atomic E-state index is 4.17. The van der Waals surface area contributed by atoms with Gasteiger partial charge in [-0.1, -0.05) is 41.5 Å². The van der Waals surface area contributed by atoms with Crippen molar-refractivity contribution in [2.45, 2.75) is 81.3 Å². The summed E-state index contributed by atoms with van der Waals surface area (Å²) in [7, 11) is 0. The van der Waals surface area contributed by atoms with Gasteiger partial charge in [0.1, 0.15) is 0 Å². The largest absolute Gasteiger partial charge is 0.270 e. The van der Waals surface area contributed by atoms with Gasteiger partial charge in [-0.05, 0) is 38.8 Å². The fourth-order valence-corrected chi connectivity index (χ4v) is 1.83. The molecule has 0 aromatic carbocycles. The first-order chi connectivity index (χ1) is 10.6. The van der Waals surface area contributed by atoms with Crippen LogP contribution in [0.2, 0.25) is 0 Å². The van der Waals surface area contributed by atoms with Crippen LogP contribution < -0.4 is 0 Å². The number of aryl methyl sites for hydroxylation is 3. The van der Waals surface area contributed by atoms with Gasteiger partial charge in [0, 0.05) is 36.9 Å².